The van der Waals surface area contributed by atoms with Crippen LogP contribution >= 0.6 is 0 Å². The molecule has 3 aromatic heterocycles. The number of aryl methyl sites for hydroxylation is 1. The van der Waals surface area contributed by atoms with E-state index in [1.54, 1.807) is 16.9 Å². The average molecular weight is 353 g/mol. The Morgan fingerprint density at radius 3 is 2.52 bits per heavy atom. The maximum absolute atomic E-state index is 5.48. The summed E-state index contributed by atoms with van der Waals surface area (Å²) in [5.41, 5.74) is 5.52. The summed E-state index contributed by atoms with van der Waals surface area (Å²) in [5, 5.41) is 8.59. The van der Waals surface area contributed by atoms with Gasteiger partial charge in [0.2, 0.25) is 5.82 Å². The Balaban J connectivity index is 1.61. The number of benzene rings is 2. The standard InChI is InChI=1S/C21H15N5O/c1-14-7-9-15(10-8-14)18-11-12-22-20-17(13-23-26(18)20)21-24-19(25-27-21)16-5-3-2-4-6-16/h2-13H,1H3. The first kappa shape index (κ1) is 15.5. The first-order valence-corrected chi connectivity index (χ1v) is 8.59. The molecule has 0 unspecified atom stereocenters. The SMILES string of the molecule is Cc1ccc(-c2ccnc3c(-c4nc(-c5ccccc5)no4)cnn23)cc1. The largest absolute Gasteiger partial charge is 0.333 e. The normalized spacial score (nSPS) is 11.1. The number of nitrogens with zero attached hydrogens (tertiary/aromatic N) is 5. The molecule has 0 saturated heterocycles. The quantitative estimate of drug-likeness (QED) is 0.480. The van der Waals surface area contributed by atoms with E-state index in [4.69, 9.17) is 4.52 Å². The number of hydrogen-bond donors (Lipinski definition) is 0. The van der Waals surface area contributed by atoms with Crippen LogP contribution in [0.3, 0.4) is 0 Å². The molecule has 0 amide bonds. The highest BCUT2D eigenvalue weighted by molar-refractivity contribution is 5.75. The first-order valence-electron chi connectivity index (χ1n) is 8.59. The van der Waals surface area contributed by atoms with Crippen molar-refractivity contribution in [1.82, 2.24) is 24.7 Å². The molecule has 0 radical (unpaired) electrons. The zero-order valence-corrected chi connectivity index (χ0v) is 14.6. The van der Waals surface area contributed by atoms with Gasteiger partial charge < -0.3 is 4.52 Å². The minimum atomic E-state index is 0.400. The van der Waals surface area contributed by atoms with Gasteiger partial charge in [0, 0.05) is 17.3 Å². The third-order valence-corrected chi connectivity index (χ3v) is 4.44. The van der Waals surface area contributed by atoms with Crippen LogP contribution in [0.15, 0.2) is 77.6 Å². The molecule has 130 valence electrons. The van der Waals surface area contributed by atoms with Gasteiger partial charge in [0.05, 0.1) is 11.9 Å². The Hall–Kier alpha value is -3.80. The van der Waals surface area contributed by atoms with E-state index >= 15 is 0 Å². The van der Waals surface area contributed by atoms with Crippen LogP contribution in [0.4, 0.5) is 0 Å². The molecular weight excluding hydrogens is 338 g/mol. The molecule has 3 heterocycles. The van der Waals surface area contributed by atoms with Crippen molar-refractivity contribution in [2.75, 3.05) is 0 Å². The fourth-order valence-electron chi connectivity index (χ4n) is 3.02. The molecular formula is C21H15N5O. The van der Waals surface area contributed by atoms with Gasteiger partial charge in [-0.25, -0.2) is 9.50 Å². The second kappa shape index (κ2) is 6.17. The molecule has 0 atom stereocenters. The third-order valence-electron chi connectivity index (χ3n) is 4.44. The smallest absolute Gasteiger partial charge is 0.263 e. The van der Waals surface area contributed by atoms with E-state index in [2.05, 4.69) is 51.4 Å². The highest BCUT2D eigenvalue weighted by Crippen LogP contribution is 2.27. The molecule has 0 aliphatic rings. The third kappa shape index (κ3) is 2.67. The second-order valence-electron chi connectivity index (χ2n) is 6.28. The topological polar surface area (TPSA) is 69.1 Å². The summed E-state index contributed by atoms with van der Waals surface area (Å²) in [5.74, 6) is 0.942. The molecule has 0 bridgehead atoms. The van der Waals surface area contributed by atoms with Crippen molar-refractivity contribution >= 4 is 5.65 Å². The number of fused-ring (bicyclic) bond motifs is 1. The molecule has 0 saturated carbocycles. The summed E-state index contributed by atoms with van der Waals surface area (Å²) >= 11 is 0. The van der Waals surface area contributed by atoms with Crippen LogP contribution in [-0.4, -0.2) is 24.7 Å². The van der Waals surface area contributed by atoms with Gasteiger partial charge in [0.1, 0.15) is 5.56 Å². The van der Waals surface area contributed by atoms with E-state index in [9.17, 15) is 0 Å². The highest BCUT2D eigenvalue weighted by Gasteiger charge is 2.17. The highest BCUT2D eigenvalue weighted by atomic mass is 16.5. The van der Waals surface area contributed by atoms with E-state index in [0.29, 0.717) is 22.9 Å². The minimum absolute atomic E-state index is 0.400. The molecule has 27 heavy (non-hydrogen) atoms. The fraction of sp³-hybridized carbons (Fsp3) is 0.0476. The van der Waals surface area contributed by atoms with Crippen molar-refractivity contribution in [3.63, 3.8) is 0 Å². The summed E-state index contributed by atoms with van der Waals surface area (Å²) in [7, 11) is 0. The zero-order chi connectivity index (χ0) is 18.2. The lowest BCUT2D eigenvalue weighted by atomic mass is 10.1. The second-order valence-corrected chi connectivity index (χ2v) is 6.28. The lowest BCUT2D eigenvalue weighted by Crippen LogP contribution is -1.95. The summed E-state index contributed by atoms with van der Waals surface area (Å²) < 4.78 is 7.28. The zero-order valence-electron chi connectivity index (χ0n) is 14.6. The van der Waals surface area contributed by atoms with E-state index in [1.807, 2.05) is 36.4 Å². The Labute approximate surface area is 155 Å². The predicted molar refractivity (Wildman–Crippen MR) is 102 cm³/mol. The van der Waals surface area contributed by atoms with E-state index < -0.39 is 0 Å². The lowest BCUT2D eigenvalue weighted by molar-refractivity contribution is 0.432. The summed E-state index contributed by atoms with van der Waals surface area (Å²) in [6, 6.07) is 20.0. The summed E-state index contributed by atoms with van der Waals surface area (Å²) in [4.78, 5) is 8.99. The Morgan fingerprint density at radius 1 is 0.889 bits per heavy atom. The Morgan fingerprint density at radius 2 is 1.70 bits per heavy atom. The van der Waals surface area contributed by atoms with Gasteiger partial charge in [-0.2, -0.15) is 10.1 Å². The number of aromatic nitrogens is 5. The van der Waals surface area contributed by atoms with Crippen LogP contribution in [-0.2, 0) is 0 Å². The molecule has 6 heteroatoms. The molecule has 0 aliphatic carbocycles. The van der Waals surface area contributed by atoms with Gasteiger partial charge in [-0.3, -0.25) is 0 Å². The molecule has 6 nitrogen and oxygen atoms in total. The van der Waals surface area contributed by atoms with Crippen LogP contribution in [0.5, 0.6) is 0 Å². The summed E-state index contributed by atoms with van der Waals surface area (Å²) in [6.07, 6.45) is 3.48. The van der Waals surface area contributed by atoms with Gasteiger partial charge in [-0.1, -0.05) is 65.3 Å². The molecule has 0 aliphatic heterocycles. The first-order chi connectivity index (χ1) is 13.3. The number of hydrogen-bond acceptors (Lipinski definition) is 5. The van der Waals surface area contributed by atoms with Crippen molar-refractivity contribution in [2.45, 2.75) is 6.92 Å². The maximum Gasteiger partial charge on any atom is 0.263 e. The van der Waals surface area contributed by atoms with Gasteiger partial charge in [-0.05, 0) is 13.0 Å². The average Bonchev–Trinajstić information content (AvgIpc) is 3.36. The van der Waals surface area contributed by atoms with E-state index in [0.717, 1.165) is 16.8 Å². The molecule has 0 N–H and O–H groups in total. The minimum Gasteiger partial charge on any atom is -0.333 e. The summed E-state index contributed by atoms with van der Waals surface area (Å²) in [6.45, 7) is 2.07. The van der Waals surface area contributed by atoms with Crippen LogP contribution in [0, 0.1) is 6.92 Å². The van der Waals surface area contributed by atoms with Crippen molar-refractivity contribution < 1.29 is 4.52 Å². The molecule has 0 spiro atoms. The van der Waals surface area contributed by atoms with Crippen LogP contribution in [0.1, 0.15) is 5.56 Å². The van der Waals surface area contributed by atoms with Crippen LogP contribution in [0.25, 0.3) is 39.7 Å². The van der Waals surface area contributed by atoms with Crippen molar-refractivity contribution in [3.05, 3.63) is 78.6 Å². The lowest BCUT2D eigenvalue weighted by Gasteiger charge is -2.05. The van der Waals surface area contributed by atoms with Crippen molar-refractivity contribution in [3.8, 4) is 34.1 Å². The van der Waals surface area contributed by atoms with Gasteiger partial charge in [-0.15, -0.1) is 0 Å². The monoisotopic (exact) mass is 353 g/mol. The van der Waals surface area contributed by atoms with E-state index in [-0.39, 0.29) is 0 Å². The van der Waals surface area contributed by atoms with Gasteiger partial charge in [0.25, 0.3) is 5.89 Å². The molecule has 5 rings (SSSR count). The molecule has 5 aromatic rings. The van der Waals surface area contributed by atoms with Gasteiger partial charge in [0.15, 0.2) is 5.65 Å². The van der Waals surface area contributed by atoms with Crippen molar-refractivity contribution in [1.29, 1.82) is 0 Å². The predicted octanol–water partition coefficient (Wildman–Crippen LogP) is 4.42. The Bertz CT molecular complexity index is 1220. The van der Waals surface area contributed by atoms with Crippen LogP contribution < -0.4 is 0 Å². The van der Waals surface area contributed by atoms with Crippen LogP contribution in [0.2, 0.25) is 0 Å². The Kier molecular flexibility index (Phi) is 3.53. The molecule has 0 fully saturated rings. The fourth-order valence-corrected chi connectivity index (χ4v) is 3.02. The van der Waals surface area contributed by atoms with E-state index in [1.165, 1.54) is 5.56 Å². The molecule has 2 aromatic carbocycles. The number of rotatable bonds is 3. The van der Waals surface area contributed by atoms with Gasteiger partial charge >= 0.3 is 0 Å². The maximum atomic E-state index is 5.48. The van der Waals surface area contributed by atoms with Crippen molar-refractivity contribution in [2.24, 2.45) is 0 Å².